The molecule has 0 saturated heterocycles. The van der Waals surface area contributed by atoms with E-state index in [-0.39, 0.29) is 0 Å². The molecule has 98 valence electrons. The van der Waals surface area contributed by atoms with E-state index in [2.05, 4.69) is 0 Å². The molecule has 2 rings (SSSR count). The van der Waals surface area contributed by atoms with E-state index < -0.39 is 0 Å². The van der Waals surface area contributed by atoms with Crippen LogP contribution >= 0.6 is 12.2 Å². The first-order valence-electron chi connectivity index (χ1n) is 5.83. The third-order valence-corrected chi connectivity index (χ3v) is 2.98. The van der Waals surface area contributed by atoms with Gasteiger partial charge in [-0.05, 0) is 42.8 Å². The molecule has 0 aliphatic carbocycles. The number of nitrogens with two attached hydrogens (primary N) is 1. The monoisotopic (exact) mass is 273 g/mol. The summed E-state index contributed by atoms with van der Waals surface area (Å²) in [4.78, 5) is 0.326. The molecule has 0 atom stereocenters. The first-order valence-corrected chi connectivity index (χ1v) is 6.24. The molecule has 0 unspecified atom stereocenters. The van der Waals surface area contributed by atoms with Crippen molar-refractivity contribution in [2.75, 3.05) is 7.11 Å². The van der Waals surface area contributed by atoms with Gasteiger partial charge in [0, 0.05) is 0 Å². The van der Waals surface area contributed by atoms with E-state index in [1.807, 2.05) is 49.4 Å². The van der Waals surface area contributed by atoms with Gasteiger partial charge in [0.05, 0.1) is 12.7 Å². The zero-order chi connectivity index (χ0) is 13.8. The third-order valence-electron chi connectivity index (χ3n) is 2.76. The van der Waals surface area contributed by atoms with Crippen LogP contribution in [0.2, 0.25) is 0 Å². The van der Waals surface area contributed by atoms with Crippen LogP contribution in [-0.2, 0) is 0 Å². The summed E-state index contributed by atoms with van der Waals surface area (Å²) >= 11 is 5.04. The molecule has 2 aromatic rings. The molecule has 4 heteroatoms. The SMILES string of the molecule is COc1ccc(Oc2c(C)cccc2C(N)=S)cc1. The van der Waals surface area contributed by atoms with Crippen molar-refractivity contribution in [2.24, 2.45) is 5.73 Å². The van der Waals surface area contributed by atoms with Crippen LogP contribution in [0.1, 0.15) is 11.1 Å². The summed E-state index contributed by atoms with van der Waals surface area (Å²) in [5.74, 6) is 2.19. The average molecular weight is 273 g/mol. The van der Waals surface area contributed by atoms with Gasteiger partial charge < -0.3 is 15.2 Å². The molecule has 0 amide bonds. The molecule has 0 spiro atoms. The van der Waals surface area contributed by atoms with Crippen LogP contribution in [0.15, 0.2) is 42.5 Å². The predicted molar refractivity (Wildman–Crippen MR) is 80.1 cm³/mol. The van der Waals surface area contributed by atoms with E-state index in [0.29, 0.717) is 16.5 Å². The van der Waals surface area contributed by atoms with Gasteiger partial charge in [-0.25, -0.2) is 0 Å². The molecule has 0 aromatic heterocycles. The second-order valence-electron chi connectivity index (χ2n) is 4.09. The van der Waals surface area contributed by atoms with Gasteiger partial charge in [0.15, 0.2) is 0 Å². The Morgan fingerprint density at radius 3 is 2.26 bits per heavy atom. The number of ether oxygens (including phenoxy) is 2. The Morgan fingerprint density at radius 2 is 1.68 bits per heavy atom. The second-order valence-corrected chi connectivity index (χ2v) is 4.53. The minimum Gasteiger partial charge on any atom is -0.497 e. The lowest BCUT2D eigenvalue weighted by Crippen LogP contribution is -2.11. The number of thiocarbonyl (C=S) groups is 1. The molecule has 0 saturated carbocycles. The summed E-state index contributed by atoms with van der Waals surface area (Å²) in [5.41, 5.74) is 7.44. The van der Waals surface area contributed by atoms with Crippen molar-refractivity contribution >= 4 is 17.2 Å². The Bertz CT molecular complexity index is 594. The normalized spacial score (nSPS) is 10.0. The number of methoxy groups -OCH3 is 1. The topological polar surface area (TPSA) is 44.5 Å². The standard InChI is InChI=1S/C15H15NO2S/c1-10-4-3-5-13(15(16)19)14(10)18-12-8-6-11(17-2)7-9-12/h3-9H,1-2H3,(H2,16,19). The highest BCUT2D eigenvalue weighted by atomic mass is 32.1. The number of hydrogen-bond acceptors (Lipinski definition) is 3. The summed E-state index contributed by atoms with van der Waals surface area (Å²) in [6, 6.07) is 13.1. The highest BCUT2D eigenvalue weighted by Gasteiger charge is 2.10. The van der Waals surface area contributed by atoms with Gasteiger partial charge >= 0.3 is 0 Å². The van der Waals surface area contributed by atoms with Gasteiger partial charge in [-0.2, -0.15) is 0 Å². The number of rotatable bonds is 4. The zero-order valence-corrected chi connectivity index (χ0v) is 11.7. The van der Waals surface area contributed by atoms with Gasteiger partial charge in [-0.1, -0.05) is 24.4 Å². The molecule has 0 heterocycles. The van der Waals surface area contributed by atoms with Crippen molar-refractivity contribution in [3.63, 3.8) is 0 Å². The lowest BCUT2D eigenvalue weighted by Gasteiger charge is -2.13. The van der Waals surface area contributed by atoms with Crippen molar-refractivity contribution in [2.45, 2.75) is 6.92 Å². The van der Waals surface area contributed by atoms with Crippen LogP contribution in [0.4, 0.5) is 0 Å². The fourth-order valence-corrected chi connectivity index (χ4v) is 1.90. The van der Waals surface area contributed by atoms with Crippen LogP contribution < -0.4 is 15.2 Å². The van der Waals surface area contributed by atoms with Crippen molar-refractivity contribution in [3.8, 4) is 17.2 Å². The van der Waals surface area contributed by atoms with E-state index in [1.165, 1.54) is 0 Å². The fraction of sp³-hybridized carbons (Fsp3) is 0.133. The van der Waals surface area contributed by atoms with Gasteiger partial charge in [-0.3, -0.25) is 0 Å². The first-order chi connectivity index (χ1) is 9.11. The Kier molecular flexibility index (Phi) is 4.02. The fourth-order valence-electron chi connectivity index (χ4n) is 1.74. The Morgan fingerprint density at radius 1 is 1.05 bits per heavy atom. The molecular formula is C15H15NO2S. The van der Waals surface area contributed by atoms with Crippen LogP contribution in [0, 0.1) is 6.92 Å². The molecular weight excluding hydrogens is 258 g/mol. The van der Waals surface area contributed by atoms with Gasteiger partial charge in [0.25, 0.3) is 0 Å². The minimum atomic E-state index is 0.326. The largest absolute Gasteiger partial charge is 0.497 e. The number of para-hydroxylation sites is 1. The maximum Gasteiger partial charge on any atom is 0.140 e. The highest BCUT2D eigenvalue weighted by molar-refractivity contribution is 7.80. The molecule has 2 aromatic carbocycles. The molecule has 0 radical (unpaired) electrons. The van der Waals surface area contributed by atoms with Gasteiger partial charge in [-0.15, -0.1) is 0 Å². The number of hydrogen-bond donors (Lipinski definition) is 1. The number of aryl methyl sites for hydroxylation is 1. The molecule has 0 bridgehead atoms. The quantitative estimate of drug-likeness (QED) is 0.867. The molecule has 0 aliphatic rings. The van der Waals surface area contributed by atoms with Crippen molar-refractivity contribution in [1.82, 2.24) is 0 Å². The van der Waals surface area contributed by atoms with Crippen LogP contribution in [0.3, 0.4) is 0 Å². The summed E-state index contributed by atoms with van der Waals surface area (Å²) in [5, 5.41) is 0. The summed E-state index contributed by atoms with van der Waals surface area (Å²) in [6.07, 6.45) is 0. The van der Waals surface area contributed by atoms with Gasteiger partial charge in [0.2, 0.25) is 0 Å². The Labute approximate surface area is 118 Å². The van der Waals surface area contributed by atoms with Crippen LogP contribution in [0.25, 0.3) is 0 Å². The average Bonchev–Trinajstić information content (AvgIpc) is 2.41. The predicted octanol–water partition coefficient (Wildman–Crippen LogP) is 3.43. The summed E-state index contributed by atoms with van der Waals surface area (Å²) in [6.45, 7) is 1.96. The number of benzene rings is 2. The van der Waals surface area contributed by atoms with E-state index >= 15 is 0 Å². The molecule has 0 aliphatic heterocycles. The smallest absolute Gasteiger partial charge is 0.140 e. The van der Waals surface area contributed by atoms with E-state index in [0.717, 1.165) is 16.9 Å². The van der Waals surface area contributed by atoms with Crippen LogP contribution in [0.5, 0.6) is 17.2 Å². The van der Waals surface area contributed by atoms with Crippen molar-refractivity contribution in [3.05, 3.63) is 53.6 Å². The second kappa shape index (κ2) is 5.71. The molecule has 3 nitrogen and oxygen atoms in total. The zero-order valence-electron chi connectivity index (χ0n) is 10.8. The Hall–Kier alpha value is -2.07. The van der Waals surface area contributed by atoms with Gasteiger partial charge in [0.1, 0.15) is 22.2 Å². The maximum atomic E-state index is 5.88. The lowest BCUT2D eigenvalue weighted by atomic mass is 10.1. The Balaban J connectivity index is 2.34. The first kappa shape index (κ1) is 13.4. The third kappa shape index (κ3) is 3.03. The molecule has 2 N–H and O–H groups in total. The molecule has 19 heavy (non-hydrogen) atoms. The van der Waals surface area contributed by atoms with E-state index in [4.69, 9.17) is 27.4 Å². The van der Waals surface area contributed by atoms with Crippen LogP contribution in [-0.4, -0.2) is 12.1 Å². The lowest BCUT2D eigenvalue weighted by molar-refractivity contribution is 0.412. The van der Waals surface area contributed by atoms with Crippen molar-refractivity contribution < 1.29 is 9.47 Å². The highest BCUT2D eigenvalue weighted by Crippen LogP contribution is 2.29. The maximum absolute atomic E-state index is 5.88. The van der Waals surface area contributed by atoms with E-state index in [1.54, 1.807) is 7.11 Å². The van der Waals surface area contributed by atoms with Crippen molar-refractivity contribution in [1.29, 1.82) is 0 Å². The summed E-state index contributed by atoms with van der Waals surface area (Å²) < 4.78 is 11.0. The summed E-state index contributed by atoms with van der Waals surface area (Å²) in [7, 11) is 1.63. The minimum absolute atomic E-state index is 0.326. The van der Waals surface area contributed by atoms with E-state index in [9.17, 15) is 0 Å². The molecule has 0 fully saturated rings.